The molecular formula is C10H22O3S. The molecule has 3 nitrogen and oxygen atoms in total. The first-order valence-corrected chi connectivity index (χ1v) is 6.29. The summed E-state index contributed by atoms with van der Waals surface area (Å²) < 4.78 is 23.1. The number of rotatable bonds is 8. The highest BCUT2D eigenvalue weighted by molar-refractivity contribution is 7.74. The molecule has 0 aliphatic rings. The second-order valence-electron chi connectivity index (χ2n) is 4.26. The van der Waals surface area contributed by atoms with Gasteiger partial charge in [-0.2, -0.15) is 4.21 Å². The van der Waals surface area contributed by atoms with Gasteiger partial charge >= 0.3 is 11.4 Å². The van der Waals surface area contributed by atoms with Gasteiger partial charge in [-0.1, -0.05) is 40.0 Å². The van der Waals surface area contributed by atoms with E-state index in [4.69, 9.17) is 4.55 Å². The van der Waals surface area contributed by atoms with Crippen LogP contribution in [0.2, 0.25) is 0 Å². The SMILES string of the molecule is CC(C)CCCC(C)CCOS(=O)O. The summed E-state index contributed by atoms with van der Waals surface area (Å²) >= 11 is -2.10. The molecule has 2 atom stereocenters. The van der Waals surface area contributed by atoms with Crippen LogP contribution in [0.5, 0.6) is 0 Å². The summed E-state index contributed by atoms with van der Waals surface area (Å²) in [7, 11) is 0. The first kappa shape index (κ1) is 14.1. The Morgan fingerprint density at radius 3 is 2.36 bits per heavy atom. The lowest BCUT2D eigenvalue weighted by molar-refractivity contribution is 0.272. The molecule has 0 heterocycles. The summed E-state index contributed by atoms with van der Waals surface area (Å²) in [5, 5.41) is 0. The average molecular weight is 222 g/mol. The quantitative estimate of drug-likeness (QED) is 0.642. The fraction of sp³-hybridized carbons (Fsp3) is 1.00. The van der Waals surface area contributed by atoms with Crippen molar-refractivity contribution in [2.45, 2.75) is 46.5 Å². The second kappa shape index (κ2) is 8.38. The van der Waals surface area contributed by atoms with Crippen LogP contribution in [0.4, 0.5) is 0 Å². The van der Waals surface area contributed by atoms with Crippen molar-refractivity contribution in [3.05, 3.63) is 0 Å². The van der Waals surface area contributed by atoms with E-state index in [0.29, 0.717) is 12.5 Å². The zero-order valence-corrected chi connectivity index (χ0v) is 10.2. The van der Waals surface area contributed by atoms with Gasteiger partial charge in [-0.15, -0.1) is 0 Å². The summed E-state index contributed by atoms with van der Waals surface area (Å²) in [6, 6.07) is 0. The third-order valence-electron chi connectivity index (χ3n) is 2.27. The molecule has 1 N–H and O–H groups in total. The van der Waals surface area contributed by atoms with E-state index in [-0.39, 0.29) is 0 Å². The summed E-state index contributed by atoms with van der Waals surface area (Å²) in [5.41, 5.74) is 0. The first-order valence-electron chi connectivity index (χ1n) is 5.26. The summed E-state index contributed by atoms with van der Waals surface area (Å²) in [6.07, 6.45) is 4.54. The molecule has 0 rings (SSSR count). The Kier molecular flexibility index (Phi) is 8.43. The number of hydrogen-bond acceptors (Lipinski definition) is 2. The van der Waals surface area contributed by atoms with Gasteiger partial charge in [-0.25, -0.2) is 0 Å². The van der Waals surface area contributed by atoms with E-state index < -0.39 is 11.4 Å². The van der Waals surface area contributed by atoms with Crippen LogP contribution in [-0.2, 0) is 15.5 Å². The lowest BCUT2D eigenvalue weighted by atomic mass is 9.98. The Hall–Kier alpha value is 0.0700. The maximum atomic E-state index is 10.2. The van der Waals surface area contributed by atoms with Crippen LogP contribution >= 0.6 is 0 Å². The smallest absolute Gasteiger partial charge is 0.284 e. The maximum absolute atomic E-state index is 10.2. The van der Waals surface area contributed by atoms with Crippen molar-refractivity contribution in [2.75, 3.05) is 6.61 Å². The standard InChI is InChI=1S/C10H22O3S/c1-9(2)5-4-6-10(3)7-8-13-14(11)12/h9-10H,4-8H2,1-3H3,(H,11,12). The third-order valence-corrected chi connectivity index (χ3v) is 2.64. The van der Waals surface area contributed by atoms with Crippen molar-refractivity contribution in [3.63, 3.8) is 0 Å². The molecule has 0 bridgehead atoms. The zero-order valence-electron chi connectivity index (χ0n) is 9.36. The lowest BCUT2D eigenvalue weighted by Gasteiger charge is -2.11. The van der Waals surface area contributed by atoms with E-state index in [1.54, 1.807) is 0 Å². The van der Waals surface area contributed by atoms with Gasteiger partial charge in [0.1, 0.15) is 0 Å². The Morgan fingerprint density at radius 2 is 1.86 bits per heavy atom. The molecule has 0 aromatic heterocycles. The van der Waals surface area contributed by atoms with Crippen molar-refractivity contribution in [3.8, 4) is 0 Å². The van der Waals surface area contributed by atoms with E-state index in [1.165, 1.54) is 19.3 Å². The van der Waals surface area contributed by atoms with Crippen LogP contribution in [0.1, 0.15) is 46.5 Å². The molecule has 86 valence electrons. The topological polar surface area (TPSA) is 46.5 Å². The summed E-state index contributed by atoms with van der Waals surface area (Å²) in [6.45, 7) is 6.99. The molecule has 0 aromatic rings. The van der Waals surface area contributed by atoms with Gasteiger partial charge in [0, 0.05) is 0 Å². The van der Waals surface area contributed by atoms with Crippen LogP contribution in [-0.4, -0.2) is 15.4 Å². The minimum Gasteiger partial charge on any atom is -0.284 e. The van der Waals surface area contributed by atoms with Gasteiger partial charge in [-0.05, 0) is 18.3 Å². The highest BCUT2D eigenvalue weighted by Gasteiger charge is 2.04. The minimum absolute atomic E-state index is 0.381. The monoisotopic (exact) mass is 222 g/mol. The van der Waals surface area contributed by atoms with Gasteiger partial charge in [0.2, 0.25) is 0 Å². The second-order valence-corrected chi connectivity index (χ2v) is 4.93. The Labute approximate surface area is 89.7 Å². The van der Waals surface area contributed by atoms with Crippen molar-refractivity contribution in [1.29, 1.82) is 0 Å². The van der Waals surface area contributed by atoms with E-state index >= 15 is 0 Å². The van der Waals surface area contributed by atoms with Crippen LogP contribution in [0.25, 0.3) is 0 Å². The normalized spacial score (nSPS) is 15.8. The van der Waals surface area contributed by atoms with E-state index in [0.717, 1.165) is 12.3 Å². The van der Waals surface area contributed by atoms with Gasteiger partial charge in [0.25, 0.3) is 0 Å². The third kappa shape index (κ3) is 10.2. The van der Waals surface area contributed by atoms with Gasteiger partial charge in [-0.3, -0.25) is 8.74 Å². The molecule has 0 amide bonds. The molecule has 0 saturated carbocycles. The largest absolute Gasteiger partial charge is 0.301 e. The fourth-order valence-electron chi connectivity index (χ4n) is 1.34. The first-order chi connectivity index (χ1) is 6.52. The van der Waals surface area contributed by atoms with Crippen LogP contribution in [0, 0.1) is 11.8 Å². The highest BCUT2D eigenvalue weighted by Crippen LogP contribution is 2.15. The molecule has 0 radical (unpaired) electrons. The molecule has 0 aromatic carbocycles. The Bertz CT molecular complexity index is 159. The van der Waals surface area contributed by atoms with E-state index in [9.17, 15) is 4.21 Å². The van der Waals surface area contributed by atoms with Crippen molar-refractivity contribution in [1.82, 2.24) is 0 Å². The molecular weight excluding hydrogens is 200 g/mol. The predicted molar refractivity (Wildman–Crippen MR) is 59.2 cm³/mol. The average Bonchev–Trinajstić information content (AvgIpc) is 2.02. The molecule has 0 aliphatic heterocycles. The zero-order chi connectivity index (χ0) is 11.0. The van der Waals surface area contributed by atoms with E-state index in [2.05, 4.69) is 25.0 Å². The summed E-state index contributed by atoms with van der Waals surface area (Å²) in [4.78, 5) is 0. The Morgan fingerprint density at radius 1 is 1.21 bits per heavy atom. The van der Waals surface area contributed by atoms with Crippen LogP contribution in [0.15, 0.2) is 0 Å². The molecule has 0 saturated heterocycles. The van der Waals surface area contributed by atoms with Gasteiger partial charge in [0.05, 0.1) is 6.61 Å². The fourth-order valence-corrected chi connectivity index (χ4v) is 1.58. The highest BCUT2D eigenvalue weighted by atomic mass is 32.2. The Balaban J connectivity index is 3.27. The maximum Gasteiger partial charge on any atom is 0.301 e. The predicted octanol–water partition coefficient (Wildman–Crippen LogP) is 2.99. The van der Waals surface area contributed by atoms with Crippen molar-refractivity contribution >= 4 is 11.4 Å². The molecule has 0 spiro atoms. The number of hydrogen-bond donors (Lipinski definition) is 1. The van der Waals surface area contributed by atoms with E-state index in [1.807, 2.05) is 0 Å². The van der Waals surface area contributed by atoms with Crippen LogP contribution < -0.4 is 0 Å². The molecule has 2 unspecified atom stereocenters. The minimum atomic E-state index is -2.10. The van der Waals surface area contributed by atoms with Crippen molar-refractivity contribution in [2.24, 2.45) is 11.8 Å². The van der Waals surface area contributed by atoms with Gasteiger partial charge < -0.3 is 0 Å². The molecule has 0 aliphatic carbocycles. The molecule has 0 fully saturated rings. The van der Waals surface area contributed by atoms with Crippen LogP contribution in [0.3, 0.4) is 0 Å². The summed E-state index contributed by atoms with van der Waals surface area (Å²) in [5.74, 6) is 1.35. The van der Waals surface area contributed by atoms with Crippen molar-refractivity contribution < 1.29 is 12.9 Å². The molecule has 14 heavy (non-hydrogen) atoms. The van der Waals surface area contributed by atoms with Gasteiger partial charge in [0.15, 0.2) is 0 Å². The molecule has 4 heteroatoms. The lowest BCUT2D eigenvalue weighted by Crippen LogP contribution is -2.04.